The molecule has 0 fully saturated rings. The highest BCUT2D eigenvalue weighted by Gasteiger charge is 2.18. The van der Waals surface area contributed by atoms with Crippen molar-refractivity contribution >= 4 is 27.5 Å². The minimum absolute atomic E-state index is 0.0665. The second-order valence-corrected chi connectivity index (χ2v) is 9.25. The first-order chi connectivity index (χ1) is 14.0. The van der Waals surface area contributed by atoms with E-state index in [0.717, 1.165) is 0 Å². The van der Waals surface area contributed by atoms with Crippen LogP contribution in [0.25, 0.3) is 0 Å². The third kappa shape index (κ3) is 7.07. The third-order valence-electron chi connectivity index (χ3n) is 3.75. The van der Waals surface area contributed by atoms with Gasteiger partial charge < -0.3 is 15.4 Å². The molecule has 0 saturated heterocycles. The van der Waals surface area contributed by atoms with Crippen molar-refractivity contribution in [2.45, 2.75) is 38.1 Å². The van der Waals surface area contributed by atoms with Gasteiger partial charge in [0, 0.05) is 16.8 Å². The number of amides is 2. The highest BCUT2D eigenvalue weighted by molar-refractivity contribution is 7.92. The van der Waals surface area contributed by atoms with E-state index in [9.17, 15) is 18.0 Å². The van der Waals surface area contributed by atoms with E-state index in [1.165, 1.54) is 24.3 Å². The Hall–Kier alpha value is -3.07. The van der Waals surface area contributed by atoms with E-state index >= 15 is 0 Å². The largest absolute Gasteiger partial charge is 0.494 e. The minimum Gasteiger partial charge on any atom is -0.494 e. The number of carbonyl (C=O) groups excluding carboxylic acids is 2. The fourth-order valence-electron chi connectivity index (χ4n) is 2.53. The number of rotatable bonds is 8. The molecule has 0 aliphatic heterocycles. The molecule has 2 aromatic carbocycles. The Labute approximate surface area is 177 Å². The van der Waals surface area contributed by atoms with Crippen molar-refractivity contribution in [3.63, 3.8) is 0 Å². The normalized spacial score (nSPS) is 11.5. The Balaban J connectivity index is 2.07. The molecule has 2 aromatic rings. The van der Waals surface area contributed by atoms with E-state index in [1.807, 2.05) is 27.7 Å². The molecule has 2 rings (SSSR count). The lowest BCUT2D eigenvalue weighted by Gasteiger charge is -2.20. The molecule has 0 radical (unpaired) electrons. The summed E-state index contributed by atoms with van der Waals surface area (Å²) in [6, 6.07) is 12.1. The third-order valence-corrected chi connectivity index (χ3v) is 5.13. The number of hydrogen-bond donors (Lipinski definition) is 3. The minimum atomic E-state index is -3.90. The van der Waals surface area contributed by atoms with Gasteiger partial charge in [0.15, 0.2) is 0 Å². The van der Waals surface area contributed by atoms with E-state index < -0.39 is 21.5 Å². The van der Waals surface area contributed by atoms with Crippen LogP contribution >= 0.6 is 0 Å². The summed E-state index contributed by atoms with van der Waals surface area (Å²) in [5.41, 5.74) is 0.0859. The van der Waals surface area contributed by atoms with Crippen molar-refractivity contribution in [1.29, 1.82) is 0 Å². The molecule has 0 atom stereocenters. The summed E-state index contributed by atoms with van der Waals surface area (Å²) in [4.78, 5) is 24.1. The highest BCUT2D eigenvalue weighted by Crippen LogP contribution is 2.20. The topological polar surface area (TPSA) is 114 Å². The van der Waals surface area contributed by atoms with Gasteiger partial charge in [0.25, 0.3) is 15.9 Å². The van der Waals surface area contributed by atoms with Gasteiger partial charge in [0.1, 0.15) is 5.75 Å². The fraction of sp³-hybridized carbons (Fsp3) is 0.333. The molecule has 0 bridgehead atoms. The molecular weight excluding hydrogens is 406 g/mol. The number of hydrogen-bond acceptors (Lipinski definition) is 5. The molecule has 8 nitrogen and oxygen atoms in total. The molecule has 0 saturated carbocycles. The molecule has 9 heteroatoms. The van der Waals surface area contributed by atoms with Crippen LogP contribution in [-0.4, -0.2) is 38.9 Å². The Morgan fingerprint density at radius 3 is 2.30 bits per heavy atom. The number of ether oxygens (including phenoxy) is 1. The van der Waals surface area contributed by atoms with Gasteiger partial charge in [0.2, 0.25) is 5.91 Å². The summed E-state index contributed by atoms with van der Waals surface area (Å²) in [6.07, 6.45) is 0. The van der Waals surface area contributed by atoms with Crippen LogP contribution in [0.1, 0.15) is 38.1 Å². The lowest BCUT2D eigenvalue weighted by Crippen LogP contribution is -2.45. The first-order valence-electron chi connectivity index (χ1n) is 9.45. The molecule has 0 unspecified atom stereocenters. The molecule has 0 aliphatic rings. The van der Waals surface area contributed by atoms with Crippen LogP contribution in [0.4, 0.5) is 5.69 Å². The molecule has 0 spiro atoms. The van der Waals surface area contributed by atoms with Crippen LogP contribution in [0.2, 0.25) is 0 Å². The molecule has 0 aliphatic carbocycles. The van der Waals surface area contributed by atoms with Crippen LogP contribution < -0.4 is 20.1 Å². The average Bonchev–Trinajstić information content (AvgIpc) is 2.66. The van der Waals surface area contributed by atoms with Gasteiger partial charge in [-0.15, -0.1) is 0 Å². The van der Waals surface area contributed by atoms with Gasteiger partial charge in [-0.3, -0.25) is 14.3 Å². The van der Waals surface area contributed by atoms with Crippen LogP contribution in [0.15, 0.2) is 53.4 Å². The summed E-state index contributed by atoms with van der Waals surface area (Å²) >= 11 is 0. The monoisotopic (exact) mass is 433 g/mol. The Kier molecular flexibility index (Phi) is 7.44. The maximum absolute atomic E-state index is 12.7. The Morgan fingerprint density at radius 2 is 1.70 bits per heavy atom. The quantitative estimate of drug-likeness (QED) is 0.592. The van der Waals surface area contributed by atoms with E-state index in [4.69, 9.17) is 4.74 Å². The number of anilines is 1. The average molecular weight is 434 g/mol. The second kappa shape index (κ2) is 9.62. The first-order valence-corrected chi connectivity index (χ1v) is 10.9. The standard InChI is InChI=1S/C21H27N3O5S/c1-5-29-17-11-9-16(10-12-17)24-30(27,28)18-8-6-7-15(13-18)20(26)22-14-19(25)23-21(2,3)4/h6-13,24H,5,14H2,1-4H3,(H,22,26)(H,23,25). The second-order valence-electron chi connectivity index (χ2n) is 7.57. The molecule has 0 heterocycles. The van der Waals surface area contributed by atoms with Crippen LogP contribution in [-0.2, 0) is 14.8 Å². The van der Waals surface area contributed by atoms with E-state index in [0.29, 0.717) is 18.0 Å². The van der Waals surface area contributed by atoms with Crippen molar-refractivity contribution in [2.24, 2.45) is 0 Å². The summed E-state index contributed by atoms with van der Waals surface area (Å²) in [5, 5.41) is 5.22. The number of nitrogens with one attached hydrogen (secondary N) is 3. The van der Waals surface area contributed by atoms with Crippen molar-refractivity contribution in [2.75, 3.05) is 17.9 Å². The Morgan fingerprint density at radius 1 is 1.03 bits per heavy atom. The maximum Gasteiger partial charge on any atom is 0.261 e. The predicted octanol–water partition coefficient (Wildman–Crippen LogP) is 2.53. The zero-order valence-corrected chi connectivity index (χ0v) is 18.3. The summed E-state index contributed by atoms with van der Waals surface area (Å²) < 4.78 is 33.1. The van der Waals surface area contributed by atoms with Crippen LogP contribution in [0.3, 0.4) is 0 Å². The van der Waals surface area contributed by atoms with Crippen molar-refractivity contribution in [1.82, 2.24) is 10.6 Å². The van der Waals surface area contributed by atoms with Crippen molar-refractivity contribution < 1.29 is 22.7 Å². The lowest BCUT2D eigenvalue weighted by atomic mass is 10.1. The van der Waals surface area contributed by atoms with Gasteiger partial charge in [-0.2, -0.15) is 0 Å². The van der Waals surface area contributed by atoms with E-state index in [1.54, 1.807) is 24.3 Å². The van der Waals surface area contributed by atoms with Gasteiger partial charge in [-0.1, -0.05) is 6.07 Å². The van der Waals surface area contributed by atoms with Gasteiger partial charge in [-0.05, 0) is 70.2 Å². The molecule has 3 N–H and O–H groups in total. The number of benzene rings is 2. The molecule has 30 heavy (non-hydrogen) atoms. The van der Waals surface area contributed by atoms with Crippen LogP contribution in [0.5, 0.6) is 5.75 Å². The van der Waals surface area contributed by atoms with E-state index in [2.05, 4.69) is 15.4 Å². The first kappa shape index (κ1) is 23.2. The summed E-state index contributed by atoms with van der Waals surface area (Å²) in [7, 11) is -3.90. The maximum atomic E-state index is 12.7. The highest BCUT2D eigenvalue weighted by atomic mass is 32.2. The molecule has 2 amide bonds. The lowest BCUT2D eigenvalue weighted by molar-refractivity contribution is -0.121. The van der Waals surface area contributed by atoms with Gasteiger partial charge in [0.05, 0.1) is 18.0 Å². The molecule has 162 valence electrons. The van der Waals surface area contributed by atoms with E-state index in [-0.39, 0.29) is 22.9 Å². The summed E-state index contributed by atoms with van der Waals surface area (Å²) in [5.74, 6) is -0.247. The zero-order valence-electron chi connectivity index (χ0n) is 17.5. The number of sulfonamides is 1. The fourth-order valence-corrected chi connectivity index (χ4v) is 3.63. The molecule has 0 aromatic heterocycles. The Bertz CT molecular complexity index is 996. The molecular formula is C21H27N3O5S. The van der Waals surface area contributed by atoms with Gasteiger partial charge in [-0.25, -0.2) is 8.42 Å². The summed E-state index contributed by atoms with van der Waals surface area (Å²) in [6.45, 7) is 7.65. The SMILES string of the molecule is CCOc1ccc(NS(=O)(=O)c2cccc(C(=O)NCC(=O)NC(C)(C)C)c2)cc1. The predicted molar refractivity (Wildman–Crippen MR) is 115 cm³/mol. The van der Waals surface area contributed by atoms with Crippen molar-refractivity contribution in [3.05, 3.63) is 54.1 Å². The van der Waals surface area contributed by atoms with Crippen LogP contribution in [0, 0.1) is 0 Å². The van der Waals surface area contributed by atoms with Gasteiger partial charge >= 0.3 is 0 Å². The van der Waals surface area contributed by atoms with Crippen molar-refractivity contribution in [3.8, 4) is 5.75 Å². The zero-order chi connectivity index (χ0) is 22.4. The number of carbonyl (C=O) groups is 2. The smallest absolute Gasteiger partial charge is 0.261 e.